The molecule has 0 amide bonds. The number of hydrogen-bond acceptors (Lipinski definition) is 6. The molecular formula is C10H10BrN3O2S. The third kappa shape index (κ3) is 2.28. The fraction of sp³-hybridized carbons (Fsp3) is 0.400. The number of halogens is 1. The number of β-amino-alcohol motifs (C(OH)–C–C–N with tert-alkyl or cyclic N) is 1. The van der Waals surface area contributed by atoms with Gasteiger partial charge in [-0.15, -0.1) is 11.3 Å². The molecule has 1 aliphatic heterocycles. The highest BCUT2D eigenvalue weighted by atomic mass is 79.9. The molecule has 1 fully saturated rings. The van der Waals surface area contributed by atoms with Crippen molar-refractivity contribution in [2.75, 3.05) is 6.54 Å². The van der Waals surface area contributed by atoms with Crippen molar-refractivity contribution in [3.63, 3.8) is 0 Å². The summed E-state index contributed by atoms with van der Waals surface area (Å²) in [7, 11) is 0. The average Bonchev–Trinajstić information content (AvgIpc) is 2.96. The fourth-order valence-electron chi connectivity index (χ4n) is 1.82. The molecule has 0 saturated carbocycles. The van der Waals surface area contributed by atoms with Crippen molar-refractivity contribution in [1.29, 1.82) is 0 Å². The van der Waals surface area contributed by atoms with Crippen molar-refractivity contribution in [3.05, 3.63) is 21.8 Å². The molecule has 3 rings (SSSR count). The van der Waals surface area contributed by atoms with E-state index in [0.717, 1.165) is 8.66 Å². The van der Waals surface area contributed by atoms with Gasteiger partial charge >= 0.3 is 0 Å². The number of rotatable bonds is 2. The zero-order valence-electron chi connectivity index (χ0n) is 8.76. The van der Waals surface area contributed by atoms with Gasteiger partial charge in [-0.25, -0.2) is 0 Å². The summed E-state index contributed by atoms with van der Waals surface area (Å²) in [5.41, 5.74) is 0. The van der Waals surface area contributed by atoms with Crippen molar-refractivity contribution < 1.29 is 9.63 Å². The summed E-state index contributed by atoms with van der Waals surface area (Å²) < 4.78 is 6.25. The summed E-state index contributed by atoms with van der Waals surface area (Å²) in [6, 6.07) is 3.86. The minimum atomic E-state index is -0.328. The van der Waals surface area contributed by atoms with E-state index in [1.165, 1.54) is 0 Å². The Hall–Kier alpha value is -0.760. The second-order valence-corrected chi connectivity index (χ2v) is 6.37. The molecule has 5 nitrogen and oxygen atoms in total. The lowest BCUT2D eigenvalue weighted by Crippen LogP contribution is -2.15. The predicted octanol–water partition coefficient (Wildman–Crippen LogP) is 1.96. The van der Waals surface area contributed by atoms with Gasteiger partial charge in [0.2, 0.25) is 11.7 Å². The van der Waals surface area contributed by atoms with E-state index in [1.54, 1.807) is 11.3 Å². The van der Waals surface area contributed by atoms with Crippen LogP contribution in [-0.4, -0.2) is 27.9 Å². The number of thiophene rings is 1. The summed E-state index contributed by atoms with van der Waals surface area (Å²) in [4.78, 5) is 5.31. The lowest BCUT2D eigenvalue weighted by atomic mass is 10.2. The van der Waals surface area contributed by atoms with Crippen LogP contribution >= 0.6 is 27.3 Å². The van der Waals surface area contributed by atoms with E-state index in [9.17, 15) is 5.11 Å². The van der Waals surface area contributed by atoms with Gasteiger partial charge in [0.05, 0.1) is 20.8 Å². The second kappa shape index (κ2) is 4.49. The normalized spacial score (nSPS) is 24.4. The van der Waals surface area contributed by atoms with Crippen LogP contribution in [0.4, 0.5) is 0 Å². The lowest BCUT2D eigenvalue weighted by molar-refractivity contribution is 0.191. The van der Waals surface area contributed by atoms with Crippen LogP contribution in [0.5, 0.6) is 0 Å². The van der Waals surface area contributed by atoms with Crippen LogP contribution in [0.25, 0.3) is 10.7 Å². The highest BCUT2D eigenvalue weighted by Crippen LogP contribution is 2.31. The maximum Gasteiger partial charge on any atom is 0.244 e. The van der Waals surface area contributed by atoms with E-state index in [0.29, 0.717) is 24.7 Å². The van der Waals surface area contributed by atoms with E-state index < -0.39 is 0 Å². The molecule has 2 aromatic rings. The first-order chi connectivity index (χ1) is 8.22. The van der Waals surface area contributed by atoms with Crippen LogP contribution in [0.2, 0.25) is 0 Å². The molecule has 90 valence electrons. The Kier molecular flexibility index (Phi) is 2.99. The summed E-state index contributed by atoms with van der Waals surface area (Å²) in [5.74, 6) is 1.14. The molecule has 0 aliphatic carbocycles. The number of nitrogens with one attached hydrogen (secondary N) is 1. The van der Waals surface area contributed by atoms with Crippen molar-refractivity contribution in [1.82, 2.24) is 15.5 Å². The van der Waals surface area contributed by atoms with Gasteiger partial charge < -0.3 is 14.9 Å². The topological polar surface area (TPSA) is 71.2 Å². The molecule has 0 spiro atoms. The first-order valence-electron chi connectivity index (χ1n) is 5.23. The van der Waals surface area contributed by atoms with Gasteiger partial charge in [0.1, 0.15) is 0 Å². The van der Waals surface area contributed by atoms with Crippen molar-refractivity contribution >= 4 is 27.3 Å². The molecule has 17 heavy (non-hydrogen) atoms. The molecule has 3 heterocycles. The first-order valence-corrected chi connectivity index (χ1v) is 6.84. The van der Waals surface area contributed by atoms with Crippen LogP contribution in [0.3, 0.4) is 0 Å². The van der Waals surface area contributed by atoms with E-state index in [1.807, 2.05) is 12.1 Å². The number of aliphatic hydroxyl groups is 1. The van der Waals surface area contributed by atoms with E-state index in [4.69, 9.17) is 4.52 Å². The van der Waals surface area contributed by atoms with Gasteiger partial charge in [-0.3, -0.25) is 0 Å². The largest absolute Gasteiger partial charge is 0.392 e. The molecule has 2 N–H and O–H groups in total. The predicted molar refractivity (Wildman–Crippen MR) is 66.7 cm³/mol. The minimum Gasteiger partial charge on any atom is -0.392 e. The zero-order chi connectivity index (χ0) is 11.8. The lowest BCUT2D eigenvalue weighted by Gasteiger charge is -2.01. The second-order valence-electron chi connectivity index (χ2n) is 3.91. The van der Waals surface area contributed by atoms with Crippen molar-refractivity contribution in [3.8, 4) is 10.7 Å². The van der Waals surface area contributed by atoms with Gasteiger partial charge in [0, 0.05) is 6.54 Å². The maximum absolute atomic E-state index is 9.43. The molecule has 1 saturated heterocycles. The van der Waals surface area contributed by atoms with Gasteiger partial charge in [-0.1, -0.05) is 5.16 Å². The Labute approximate surface area is 110 Å². The first kappa shape index (κ1) is 11.3. The third-order valence-electron chi connectivity index (χ3n) is 2.64. The zero-order valence-corrected chi connectivity index (χ0v) is 11.2. The summed E-state index contributed by atoms with van der Waals surface area (Å²) in [6.45, 7) is 0.576. The minimum absolute atomic E-state index is 0.0327. The number of aromatic nitrogens is 2. The van der Waals surface area contributed by atoms with Gasteiger partial charge in [0.25, 0.3) is 0 Å². The highest BCUT2D eigenvalue weighted by molar-refractivity contribution is 9.11. The molecule has 1 aliphatic rings. The van der Waals surface area contributed by atoms with Crippen LogP contribution < -0.4 is 5.32 Å². The SMILES string of the molecule is O[C@H]1CN[C@@H](c2nc(-c3ccc(Br)s3)no2)C1. The maximum atomic E-state index is 9.43. The smallest absolute Gasteiger partial charge is 0.244 e. The number of nitrogens with zero attached hydrogens (tertiary/aromatic N) is 2. The average molecular weight is 316 g/mol. The van der Waals surface area contributed by atoms with Crippen LogP contribution in [0.15, 0.2) is 20.4 Å². The Bertz CT molecular complexity index is 527. The van der Waals surface area contributed by atoms with Gasteiger partial charge in [-0.05, 0) is 34.5 Å². The fourth-order valence-corrected chi connectivity index (χ4v) is 3.13. The molecular weight excluding hydrogens is 306 g/mol. The Balaban J connectivity index is 1.83. The highest BCUT2D eigenvalue weighted by Gasteiger charge is 2.28. The Morgan fingerprint density at radius 3 is 3.06 bits per heavy atom. The number of hydrogen-bond donors (Lipinski definition) is 2. The Morgan fingerprint density at radius 1 is 1.53 bits per heavy atom. The third-order valence-corrected chi connectivity index (χ3v) is 4.26. The van der Waals surface area contributed by atoms with E-state index in [-0.39, 0.29) is 12.1 Å². The summed E-state index contributed by atoms with van der Waals surface area (Å²) >= 11 is 4.96. The molecule has 0 aromatic carbocycles. The van der Waals surface area contributed by atoms with Crippen LogP contribution in [0, 0.1) is 0 Å². The monoisotopic (exact) mass is 315 g/mol. The van der Waals surface area contributed by atoms with Crippen LogP contribution in [-0.2, 0) is 0 Å². The number of aliphatic hydroxyl groups excluding tert-OH is 1. The molecule has 2 atom stereocenters. The van der Waals surface area contributed by atoms with E-state index >= 15 is 0 Å². The molecule has 2 aromatic heterocycles. The standard InChI is InChI=1S/C10H10BrN3O2S/c11-8-2-1-7(17-8)9-13-10(16-14-9)6-3-5(15)4-12-6/h1-2,5-6,12,15H,3-4H2/t5-,6-/m1/s1. The molecule has 0 radical (unpaired) electrons. The quantitative estimate of drug-likeness (QED) is 0.886. The van der Waals surface area contributed by atoms with Crippen molar-refractivity contribution in [2.24, 2.45) is 0 Å². The molecule has 0 unspecified atom stereocenters. The van der Waals surface area contributed by atoms with Crippen molar-refractivity contribution in [2.45, 2.75) is 18.6 Å². The van der Waals surface area contributed by atoms with Crippen LogP contribution in [0.1, 0.15) is 18.4 Å². The molecule has 0 bridgehead atoms. The molecule has 7 heteroatoms. The summed E-state index contributed by atoms with van der Waals surface area (Å²) in [5, 5.41) is 16.5. The summed E-state index contributed by atoms with van der Waals surface area (Å²) in [6.07, 6.45) is 0.293. The van der Waals surface area contributed by atoms with Gasteiger partial charge in [-0.2, -0.15) is 4.98 Å². The Morgan fingerprint density at radius 2 is 2.41 bits per heavy atom. The van der Waals surface area contributed by atoms with E-state index in [2.05, 4.69) is 31.4 Å². The van der Waals surface area contributed by atoms with Gasteiger partial charge in [0.15, 0.2) is 0 Å².